The van der Waals surface area contributed by atoms with Gasteiger partial charge in [-0.2, -0.15) is 0 Å². The summed E-state index contributed by atoms with van der Waals surface area (Å²) in [7, 11) is 0. The van der Waals surface area contributed by atoms with Crippen molar-refractivity contribution in [3.8, 4) is 0 Å². The quantitative estimate of drug-likeness (QED) is 0.902. The van der Waals surface area contributed by atoms with Crippen LogP contribution in [0, 0.1) is 0 Å². The highest BCUT2D eigenvalue weighted by atomic mass is 16.2. The molecule has 3 heteroatoms. The van der Waals surface area contributed by atoms with E-state index in [1.54, 1.807) is 6.92 Å². The lowest BCUT2D eigenvalue weighted by molar-refractivity contribution is -0.117. The maximum absolute atomic E-state index is 12.0. The molecule has 0 aromatic heterocycles. The number of amides is 1. The van der Waals surface area contributed by atoms with Crippen LogP contribution in [0.3, 0.4) is 0 Å². The summed E-state index contributed by atoms with van der Waals surface area (Å²) < 4.78 is 0. The van der Waals surface area contributed by atoms with Gasteiger partial charge in [-0.15, -0.1) is 0 Å². The summed E-state index contributed by atoms with van der Waals surface area (Å²) in [5.74, 6) is 0.107. The second kappa shape index (κ2) is 6.45. The Hall–Kier alpha value is -2.29. The summed E-state index contributed by atoms with van der Waals surface area (Å²) in [6.45, 7) is 5.93. The molecule has 120 valence electrons. The summed E-state index contributed by atoms with van der Waals surface area (Å²) in [6, 6.07) is 17.2. The molecule has 0 spiro atoms. The minimum Gasteiger partial charge on any atom is -0.378 e. The van der Waals surface area contributed by atoms with Crippen molar-refractivity contribution in [3.63, 3.8) is 0 Å². The molecule has 0 saturated carbocycles. The highest BCUT2D eigenvalue weighted by Crippen LogP contribution is 2.38. The molecule has 1 amide bonds. The van der Waals surface area contributed by atoms with Crippen molar-refractivity contribution in [2.75, 3.05) is 10.2 Å². The third kappa shape index (κ3) is 3.09. The molecule has 23 heavy (non-hydrogen) atoms. The van der Waals surface area contributed by atoms with Gasteiger partial charge < -0.3 is 10.2 Å². The Labute approximate surface area is 138 Å². The van der Waals surface area contributed by atoms with E-state index >= 15 is 0 Å². The average Bonchev–Trinajstić information content (AvgIpc) is 2.55. The number of hydrogen-bond donors (Lipinski definition) is 1. The molecule has 1 aliphatic rings. The Morgan fingerprint density at radius 1 is 1.17 bits per heavy atom. The maximum atomic E-state index is 12.0. The number of rotatable bonds is 3. The van der Waals surface area contributed by atoms with E-state index in [4.69, 9.17) is 0 Å². The molecule has 2 aromatic rings. The highest BCUT2D eigenvalue weighted by Gasteiger charge is 2.31. The number of hydrogen-bond acceptors (Lipinski definition) is 2. The number of nitrogens with zero attached hydrogens (tertiary/aromatic N) is 1. The molecule has 1 heterocycles. The van der Waals surface area contributed by atoms with Gasteiger partial charge in [0.05, 0.1) is 6.04 Å². The minimum atomic E-state index is 0.107. The molecule has 0 radical (unpaired) electrons. The van der Waals surface area contributed by atoms with Crippen molar-refractivity contribution >= 4 is 17.3 Å². The van der Waals surface area contributed by atoms with Crippen LogP contribution in [0.15, 0.2) is 48.5 Å². The fourth-order valence-electron chi connectivity index (χ4n) is 3.47. The number of anilines is 2. The van der Waals surface area contributed by atoms with Gasteiger partial charge in [-0.05, 0) is 49.1 Å². The summed E-state index contributed by atoms with van der Waals surface area (Å²) in [4.78, 5) is 13.9. The van der Waals surface area contributed by atoms with Crippen molar-refractivity contribution in [2.45, 2.75) is 45.7 Å². The predicted molar refractivity (Wildman–Crippen MR) is 95.9 cm³/mol. The van der Waals surface area contributed by atoms with Crippen LogP contribution in [0.1, 0.15) is 44.4 Å². The van der Waals surface area contributed by atoms with Crippen molar-refractivity contribution in [1.82, 2.24) is 0 Å². The zero-order chi connectivity index (χ0) is 16.4. The van der Waals surface area contributed by atoms with Crippen molar-refractivity contribution in [2.24, 2.45) is 0 Å². The molecule has 2 aromatic carbocycles. The van der Waals surface area contributed by atoms with Crippen LogP contribution in [-0.4, -0.2) is 11.9 Å². The van der Waals surface area contributed by atoms with Crippen LogP contribution in [0.4, 0.5) is 11.4 Å². The van der Waals surface area contributed by atoms with Gasteiger partial charge in [0.2, 0.25) is 5.91 Å². The molecular formula is C20H24N2O. The van der Waals surface area contributed by atoms with E-state index in [2.05, 4.69) is 49.5 Å². The van der Waals surface area contributed by atoms with Crippen molar-refractivity contribution in [3.05, 3.63) is 59.7 Å². The van der Waals surface area contributed by atoms with Crippen LogP contribution in [0.25, 0.3) is 0 Å². The van der Waals surface area contributed by atoms with E-state index in [9.17, 15) is 4.79 Å². The fraction of sp³-hybridized carbons (Fsp3) is 0.350. The van der Waals surface area contributed by atoms with E-state index < -0.39 is 0 Å². The summed E-state index contributed by atoms with van der Waals surface area (Å²) in [6.07, 6.45) is 1.96. The van der Waals surface area contributed by atoms with E-state index in [-0.39, 0.29) is 18.0 Å². The second-order valence-corrected chi connectivity index (χ2v) is 6.28. The van der Waals surface area contributed by atoms with Gasteiger partial charge in [-0.3, -0.25) is 4.79 Å². The Kier molecular flexibility index (Phi) is 4.37. The molecule has 1 N–H and O–H groups in total. The lowest BCUT2D eigenvalue weighted by atomic mass is 9.91. The third-order valence-electron chi connectivity index (χ3n) is 4.63. The Balaban J connectivity index is 1.90. The number of aryl methyl sites for hydroxylation is 1. The highest BCUT2D eigenvalue weighted by molar-refractivity contribution is 5.93. The monoisotopic (exact) mass is 308 g/mol. The van der Waals surface area contributed by atoms with Crippen LogP contribution < -0.4 is 10.2 Å². The van der Waals surface area contributed by atoms with Gasteiger partial charge in [-0.25, -0.2) is 0 Å². The largest absolute Gasteiger partial charge is 0.378 e. The standard InChI is InChI=1S/C20H24N2O/c1-4-16-9-11-17(12-10-16)21-19-13-14(2)22(15(3)23)20-8-6-5-7-18(19)20/h5-12,14,19,21H,4,13H2,1-3H3. The summed E-state index contributed by atoms with van der Waals surface area (Å²) in [5.41, 5.74) is 4.70. The first-order valence-corrected chi connectivity index (χ1v) is 8.34. The van der Waals surface area contributed by atoms with Crippen LogP contribution >= 0.6 is 0 Å². The molecule has 3 nitrogen and oxygen atoms in total. The number of carbonyl (C=O) groups is 1. The second-order valence-electron chi connectivity index (χ2n) is 6.28. The lowest BCUT2D eigenvalue weighted by Gasteiger charge is -2.39. The molecule has 0 aliphatic carbocycles. The van der Waals surface area contributed by atoms with Crippen LogP contribution in [0.2, 0.25) is 0 Å². The smallest absolute Gasteiger partial charge is 0.224 e. The van der Waals surface area contributed by atoms with Crippen molar-refractivity contribution < 1.29 is 4.79 Å². The molecule has 3 rings (SSSR count). The SMILES string of the molecule is CCc1ccc(NC2CC(C)N(C(C)=O)c3ccccc32)cc1. The zero-order valence-corrected chi connectivity index (χ0v) is 14.0. The molecule has 0 saturated heterocycles. The Morgan fingerprint density at radius 2 is 1.87 bits per heavy atom. The molecule has 0 bridgehead atoms. The lowest BCUT2D eigenvalue weighted by Crippen LogP contribution is -2.43. The normalized spacial score (nSPS) is 20.0. The Morgan fingerprint density at radius 3 is 2.52 bits per heavy atom. The molecule has 2 atom stereocenters. The van der Waals surface area contributed by atoms with Gasteiger partial charge in [0.25, 0.3) is 0 Å². The van der Waals surface area contributed by atoms with Crippen LogP contribution in [0.5, 0.6) is 0 Å². The molecule has 1 aliphatic heterocycles. The number of para-hydroxylation sites is 1. The number of benzene rings is 2. The van der Waals surface area contributed by atoms with Gasteiger partial charge >= 0.3 is 0 Å². The Bertz CT molecular complexity index is 693. The topological polar surface area (TPSA) is 32.3 Å². The number of carbonyl (C=O) groups excluding carboxylic acids is 1. The fourth-order valence-corrected chi connectivity index (χ4v) is 3.47. The van der Waals surface area contributed by atoms with E-state index in [0.29, 0.717) is 0 Å². The van der Waals surface area contributed by atoms with Crippen molar-refractivity contribution in [1.29, 1.82) is 0 Å². The van der Waals surface area contributed by atoms with Gasteiger partial charge in [0, 0.05) is 24.3 Å². The van der Waals surface area contributed by atoms with Gasteiger partial charge in [-0.1, -0.05) is 37.3 Å². The van der Waals surface area contributed by atoms with Gasteiger partial charge in [0.15, 0.2) is 0 Å². The summed E-state index contributed by atoms with van der Waals surface area (Å²) in [5, 5.41) is 3.64. The maximum Gasteiger partial charge on any atom is 0.224 e. The van der Waals surface area contributed by atoms with E-state index in [1.165, 1.54) is 11.1 Å². The first kappa shape index (κ1) is 15.6. The van der Waals surface area contributed by atoms with E-state index in [0.717, 1.165) is 24.2 Å². The minimum absolute atomic E-state index is 0.107. The molecular weight excluding hydrogens is 284 g/mol. The van der Waals surface area contributed by atoms with Crippen LogP contribution in [-0.2, 0) is 11.2 Å². The zero-order valence-electron chi connectivity index (χ0n) is 14.0. The number of fused-ring (bicyclic) bond motifs is 1. The molecule has 0 fully saturated rings. The van der Waals surface area contributed by atoms with Gasteiger partial charge in [0.1, 0.15) is 0 Å². The average molecular weight is 308 g/mol. The number of nitrogens with one attached hydrogen (secondary N) is 1. The first-order valence-electron chi connectivity index (χ1n) is 8.34. The molecule has 2 unspecified atom stereocenters. The summed E-state index contributed by atoms with van der Waals surface area (Å²) >= 11 is 0. The first-order chi connectivity index (χ1) is 11.1. The van der Waals surface area contributed by atoms with E-state index in [1.807, 2.05) is 23.1 Å². The third-order valence-corrected chi connectivity index (χ3v) is 4.63. The predicted octanol–water partition coefficient (Wildman–Crippen LogP) is 4.55.